The molecule has 0 saturated heterocycles. The van der Waals surface area contributed by atoms with Gasteiger partial charge >= 0.3 is 0 Å². The maximum absolute atomic E-state index is 12.1. The van der Waals surface area contributed by atoms with E-state index in [9.17, 15) is 4.79 Å². The SMILES string of the molecule is O=C(/C=C/c1ccccc1)Nc1ccc2c(c1)OC1(CCCC1)O2. The predicted octanol–water partition coefficient (Wildman–Crippen LogP) is 4.38. The summed E-state index contributed by atoms with van der Waals surface area (Å²) in [6.07, 6.45) is 7.41. The fourth-order valence-corrected chi connectivity index (χ4v) is 3.21. The third-order valence-corrected chi connectivity index (χ3v) is 4.40. The minimum Gasteiger partial charge on any atom is -0.448 e. The number of rotatable bonds is 3. The molecule has 4 rings (SSSR count). The van der Waals surface area contributed by atoms with Crippen LogP contribution in [-0.2, 0) is 4.79 Å². The highest BCUT2D eigenvalue weighted by Crippen LogP contribution is 2.47. The van der Waals surface area contributed by atoms with Crippen LogP contribution in [0, 0.1) is 0 Å². The smallest absolute Gasteiger partial charge is 0.251 e. The van der Waals surface area contributed by atoms with Gasteiger partial charge in [0.25, 0.3) is 5.79 Å². The van der Waals surface area contributed by atoms with E-state index in [2.05, 4.69) is 5.32 Å². The zero-order chi connectivity index (χ0) is 16.4. The van der Waals surface area contributed by atoms with Gasteiger partial charge in [-0.05, 0) is 36.6 Å². The highest BCUT2D eigenvalue weighted by atomic mass is 16.7. The van der Waals surface area contributed by atoms with Crippen LogP contribution in [0.2, 0.25) is 0 Å². The van der Waals surface area contributed by atoms with Crippen LogP contribution in [0.1, 0.15) is 31.2 Å². The van der Waals surface area contributed by atoms with Crippen molar-refractivity contribution in [2.24, 2.45) is 0 Å². The van der Waals surface area contributed by atoms with E-state index in [0.29, 0.717) is 11.4 Å². The topological polar surface area (TPSA) is 47.6 Å². The molecule has 1 aliphatic heterocycles. The maximum Gasteiger partial charge on any atom is 0.251 e. The minimum atomic E-state index is -0.474. The standard InChI is InChI=1S/C20H19NO3/c22-19(11-8-15-6-2-1-3-7-15)21-16-9-10-17-18(14-16)24-20(23-17)12-4-5-13-20/h1-3,6-11,14H,4-5,12-13H2,(H,21,22)/b11-8+. The molecular formula is C20H19NO3. The van der Waals surface area contributed by atoms with E-state index in [1.54, 1.807) is 6.08 Å². The van der Waals surface area contributed by atoms with Gasteiger partial charge in [0, 0.05) is 30.7 Å². The predicted molar refractivity (Wildman–Crippen MR) is 93.0 cm³/mol. The number of amides is 1. The van der Waals surface area contributed by atoms with Crippen molar-refractivity contribution in [1.82, 2.24) is 0 Å². The molecule has 1 spiro atoms. The van der Waals surface area contributed by atoms with Gasteiger partial charge in [0.05, 0.1) is 0 Å². The monoisotopic (exact) mass is 321 g/mol. The first-order valence-corrected chi connectivity index (χ1v) is 8.29. The van der Waals surface area contributed by atoms with Crippen molar-refractivity contribution in [2.75, 3.05) is 5.32 Å². The van der Waals surface area contributed by atoms with Gasteiger partial charge < -0.3 is 14.8 Å². The van der Waals surface area contributed by atoms with Crippen LogP contribution in [0.5, 0.6) is 11.5 Å². The van der Waals surface area contributed by atoms with Crippen LogP contribution in [-0.4, -0.2) is 11.7 Å². The number of benzene rings is 2. The van der Waals surface area contributed by atoms with E-state index in [1.165, 1.54) is 6.08 Å². The van der Waals surface area contributed by atoms with Gasteiger partial charge in [0.1, 0.15) is 0 Å². The average molecular weight is 321 g/mol. The number of hydrogen-bond donors (Lipinski definition) is 1. The molecule has 0 bridgehead atoms. The number of nitrogens with one attached hydrogen (secondary N) is 1. The Morgan fingerprint density at radius 3 is 2.54 bits per heavy atom. The zero-order valence-corrected chi connectivity index (χ0v) is 13.3. The van der Waals surface area contributed by atoms with Crippen LogP contribution in [0.4, 0.5) is 5.69 Å². The average Bonchev–Trinajstić information content (AvgIpc) is 3.20. The van der Waals surface area contributed by atoms with Gasteiger partial charge in [-0.1, -0.05) is 30.3 Å². The Morgan fingerprint density at radius 2 is 1.75 bits per heavy atom. The van der Waals surface area contributed by atoms with Gasteiger partial charge in [0.15, 0.2) is 11.5 Å². The molecule has 0 unspecified atom stereocenters. The summed E-state index contributed by atoms with van der Waals surface area (Å²) in [5, 5.41) is 2.86. The second-order valence-electron chi connectivity index (χ2n) is 6.22. The lowest BCUT2D eigenvalue weighted by Gasteiger charge is -2.21. The van der Waals surface area contributed by atoms with Crippen molar-refractivity contribution < 1.29 is 14.3 Å². The molecular weight excluding hydrogens is 302 g/mol. The van der Waals surface area contributed by atoms with Crippen molar-refractivity contribution in [3.05, 3.63) is 60.2 Å². The van der Waals surface area contributed by atoms with Gasteiger partial charge in [-0.25, -0.2) is 0 Å². The summed E-state index contributed by atoms with van der Waals surface area (Å²) >= 11 is 0. The molecule has 2 aromatic rings. The van der Waals surface area contributed by atoms with Crippen molar-refractivity contribution in [3.63, 3.8) is 0 Å². The summed E-state index contributed by atoms with van der Waals surface area (Å²) in [5.74, 6) is 0.822. The lowest BCUT2D eigenvalue weighted by atomic mass is 10.2. The van der Waals surface area contributed by atoms with E-state index in [1.807, 2.05) is 48.5 Å². The largest absolute Gasteiger partial charge is 0.448 e. The van der Waals surface area contributed by atoms with E-state index < -0.39 is 5.79 Å². The summed E-state index contributed by atoms with van der Waals surface area (Å²) in [5.41, 5.74) is 1.69. The van der Waals surface area contributed by atoms with Crippen LogP contribution < -0.4 is 14.8 Å². The Bertz CT molecular complexity index is 777. The molecule has 2 aliphatic rings. The number of carbonyl (C=O) groups is 1. The number of hydrogen-bond acceptors (Lipinski definition) is 3. The Labute approximate surface area is 141 Å². The van der Waals surface area contributed by atoms with E-state index in [-0.39, 0.29) is 5.91 Å². The lowest BCUT2D eigenvalue weighted by molar-refractivity contribution is -0.111. The number of carbonyl (C=O) groups excluding carboxylic acids is 1. The van der Waals surface area contributed by atoms with Gasteiger partial charge in [-0.15, -0.1) is 0 Å². The molecule has 0 aromatic heterocycles. The van der Waals surface area contributed by atoms with E-state index in [0.717, 1.165) is 37.0 Å². The van der Waals surface area contributed by atoms with Crippen LogP contribution in [0.3, 0.4) is 0 Å². The third-order valence-electron chi connectivity index (χ3n) is 4.40. The summed E-state index contributed by atoms with van der Waals surface area (Å²) < 4.78 is 12.0. The molecule has 1 N–H and O–H groups in total. The molecule has 122 valence electrons. The molecule has 1 amide bonds. The summed E-state index contributed by atoms with van der Waals surface area (Å²) in [6, 6.07) is 15.3. The van der Waals surface area contributed by atoms with Crippen molar-refractivity contribution in [2.45, 2.75) is 31.5 Å². The van der Waals surface area contributed by atoms with Crippen molar-refractivity contribution >= 4 is 17.7 Å². The third kappa shape index (κ3) is 3.00. The van der Waals surface area contributed by atoms with Gasteiger partial charge in [0.2, 0.25) is 5.91 Å². The second kappa shape index (κ2) is 6.04. The molecule has 1 heterocycles. The first-order chi connectivity index (χ1) is 11.7. The zero-order valence-electron chi connectivity index (χ0n) is 13.3. The molecule has 0 atom stereocenters. The lowest BCUT2D eigenvalue weighted by Crippen LogP contribution is -2.34. The molecule has 4 nitrogen and oxygen atoms in total. The molecule has 24 heavy (non-hydrogen) atoms. The van der Waals surface area contributed by atoms with E-state index in [4.69, 9.17) is 9.47 Å². The summed E-state index contributed by atoms with van der Waals surface area (Å²) in [6.45, 7) is 0. The van der Waals surface area contributed by atoms with Crippen molar-refractivity contribution in [3.8, 4) is 11.5 Å². The highest BCUT2D eigenvalue weighted by molar-refractivity contribution is 6.02. The van der Waals surface area contributed by atoms with Gasteiger partial charge in [-0.3, -0.25) is 4.79 Å². The van der Waals surface area contributed by atoms with Crippen LogP contribution in [0.15, 0.2) is 54.6 Å². The molecule has 4 heteroatoms. The second-order valence-corrected chi connectivity index (χ2v) is 6.22. The Hall–Kier alpha value is -2.75. The molecule has 1 saturated carbocycles. The fraction of sp³-hybridized carbons (Fsp3) is 0.250. The molecule has 1 aliphatic carbocycles. The Balaban J connectivity index is 1.43. The van der Waals surface area contributed by atoms with Crippen molar-refractivity contribution in [1.29, 1.82) is 0 Å². The van der Waals surface area contributed by atoms with Crippen LogP contribution in [0.25, 0.3) is 6.08 Å². The van der Waals surface area contributed by atoms with Crippen LogP contribution >= 0.6 is 0 Å². The molecule has 2 aromatic carbocycles. The Kier molecular flexibility index (Phi) is 3.73. The highest BCUT2D eigenvalue weighted by Gasteiger charge is 2.44. The number of anilines is 1. The molecule has 0 radical (unpaired) electrons. The maximum atomic E-state index is 12.1. The summed E-state index contributed by atoms with van der Waals surface area (Å²) in [4.78, 5) is 12.1. The first-order valence-electron chi connectivity index (χ1n) is 8.29. The normalized spacial score (nSPS) is 17.5. The number of fused-ring (bicyclic) bond motifs is 1. The minimum absolute atomic E-state index is 0.173. The first kappa shape index (κ1) is 14.8. The number of ether oxygens (including phenoxy) is 2. The van der Waals surface area contributed by atoms with Gasteiger partial charge in [-0.2, -0.15) is 0 Å². The van der Waals surface area contributed by atoms with E-state index >= 15 is 0 Å². The quantitative estimate of drug-likeness (QED) is 0.853. The summed E-state index contributed by atoms with van der Waals surface area (Å²) in [7, 11) is 0. The Morgan fingerprint density at radius 1 is 1.00 bits per heavy atom. The fourth-order valence-electron chi connectivity index (χ4n) is 3.21. The molecule has 1 fully saturated rings.